The molecule has 2 aromatic rings. The summed E-state index contributed by atoms with van der Waals surface area (Å²) in [6.45, 7) is 2.00. The van der Waals surface area contributed by atoms with E-state index in [9.17, 15) is 4.39 Å². The van der Waals surface area contributed by atoms with E-state index < -0.39 is 5.82 Å². The van der Waals surface area contributed by atoms with Gasteiger partial charge in [0.2, 0.25) is 5.95 Å². The van der Waals surface area contributed by atoms with Gasteiger partial charge in [0.1, 0.15) is 5.03 Å². The molecule has 0 saturated heterocycles. The van der Waals surface area contributed by atoms with Gasteiger partial charge in [0.25, 0.3) is 0 Å². The van der Waals surface area contributed by atoms with Crippen LogP contribution in [-0.2, 0) is 0 Å². The summed E-state index contributed by atoms with van der Waals surface area (Å²) < 4.78 is 13.5. The Morgan fingerprint density at radius 3 is 2.88 bits per heavy atom. The molecule has 17 heavy (non-hydrogen) atoms. The first-order valence-electron chi connectivity index (χ1n) is 5.14. The van der Waals surface area contributed by atoms with E-state index in [0.717, 1.165) is 10.5 Å². The number of anilines is 1. The molecule has 1 aromatic heterocycles. The summed E-state index contributed by atoms with van der Waals surface area (Å²) >= 11 is 1.29. The average Bonchev–Trinajstić information content (AvgIpc) is 2.32. The van der Waals surface area contributed by atoms with E-state index in [-0.39, 0.29) is 0 Å². The first-order chi connectivity index (χ1) is 8.19. The van der Waals surface area contributed by atoms with Crippen molar-refractivity contribution in [1.82, 2.24) is 9.97 Å². The van der Waals surface area contributed by atoms with Crippen molar-refractivity contribution in [2.45, 2.75) is 16.8 Å². The van der Waals surface area contributed by atoms with Crippen LogP contribution < -0.4 is 5.32 Å². The normalized spacial score (nSPS) is 10.3. The zero-order valence-electron chi connectivity index (χ0n) is 9.57. The summed E-state index contributed by atoms with van der Waals surface area (Å²) in [5.74, 6) is 0.0112. The lowest BCUT2D eigenvalue weighted by Crippen LogP contribution is -1.98. The zero-order valence-corrected chi connectivity index (χ0v) is 10.4. The molecule has 1 heterocycles. The molecule has 3 nitrogen and oxygen atoms in total. The number of hydrogen-bond acceptors (Lipinski definition) is 4. The van der Waals surface area contributed by atoms with Crippen LogP contribution in [0.4, 0.5) is 10.3 Å². The molecule has 0 saturated carbocycles. The Morgan fingerprint density at radius 2 is 2.18 bits per heavy atom. The van der Waals surface area contributed by atoms with Crippen molar-refractivity contribution in [2.75, 3.05) is 12.4 Å². The largest absolute Gasteiger partial charge is 0.357 e. The maximum Gasteiger partial charge on any atom is 0.223 e. The number of halogens is 1. The van der Waals surface area contributed by atoms with Gasteiger partial charge in [-0.2, -0.15) is 0 Å². The lowest BCUT2D eigenvalue weighted by atomic mass is 10.2. The second-order valence-electron chi connectivity index (χ2n) is 3.52. The number of nitrogens with zero attached hydrogens (tertiary/aromatic N) is 2. The Morgan fingerprint density at radius 1 is 1.35 bits per heavy atom. The number of aryl methyl sites for hydroxylation is 1. The maximum absolute atomic E-state index is 13.5. The molecule has 2 rings (SSSR count). The van der Waals surface area contributed by atoms with E-state index in [4.69, 9.17) is 0 Å². The van der Waals surface area contributed by atoms with Crippen molar-refractivity contribution in [1.29, 1.82) is 0 Å². The molecule has 0 amide bonds. The standard InChI is InChI=1S/C12H12FN3S/c1-8-4-3-5-9(6-8)17-11-10(13)7-15-12(14-2)16-11/h3-7H,1-2H3,(H,14,15,16). The molecule has 0 aliphatic heterocycles. The van der Waals surface area contributed by atoms with Gasteiger partial charge in [-0.3, -0.25) is 0 Å². The highest BCUT2D eigenvalue weighted by Crippen LogP contribution is 2.28. The van der Waals surface area contributed by atoms with E-state index in [2.05, 4.69) is 15.3 Å². The fourth-order valence-electron chi connectivity index (χ4n) is 1.33. The van der Waals surface area contributed by atoms with Crippen LogP contribution in [-0.4, -0.2) is 17.0 Å². The number of rotatable bonds is 3. The second-order valence-corrected chi connectivity index (χ2v) is 4.58. The average molecular weight is 249 g/mol. The van der Waals surface area contributed by atoms with Gasteiger partial charge in [-0.25, -0.2) is 14.4 Å². The molecular weight excluding hydrogens is 237 g/mol. The van der Waals surface area contributed by atoms with E-state index in [1.54, 1.807) is 7.05 Å². The molecular formula is C12H12FN3S. The maximum atomic E-state index is 13.5. The number of benzene rings is 1. The zero-order chi connectivity index (χ0) is 12.3. The van der Waals surface area contributed by atoms with E-state index in [0.29, 0.717) is 11.0 Å². The summed E-state index contributed by atoms with van der Waals surface area (Å²) in [6.07, 6.45) is 1.18. The second kappa shape index (κ2) is 5.14. The Bertz CT molecular complexity index is 531. The number of aromatic nitrogens is 2. The monoisotopic (exact) mass is 249 g/mol. The Balaban J connectivity index is 2.29. The van der Waals surface area contributed by atoms with Crippen molar-refractivity contribution < 1.29 is 4.39 Å². The van der Waals surface area contributed by atoms with Gasteiger partial charge < -0.3 is 5.32 Å². The van der Waals surface area contributed by atoms with Crippen LogP contribution in [0, 0.1) is 12.7 Å². The summed E-state index contributed by atoms with van der Waals surface area (Å²) in [4.78, 5) is 8.85. The van der Waals surface area contributed by atoms with Crippen LogP contribution in [0.1, 0.15) is 5.56 Å². The predicted molar refractivity (Wildman–Crippen MR) is 66.8 cm³/mol. The molecule has 1 aromatic carbocycles. The van der Waals surface area contributed by atoms with E-state index >= 15 is 0 Å². The van der Waals surface area contributed by atoms with Crippen molar-refractivity contribution in [2.24, 2.45) is 0 Å². The van der Waals surface area contributed by atoms with Gasteiger partial charge in [0.05, 0.1) is 6.20 Å². The third kappa shape index (κ3) is 2.94. The van der Waals surface area contributed by atoms with Gasteiger partial charge in [-0.15, -0.1) is 0 Å². The highest BCUT2D eigenvalue weighted by atomic mass is 32.2. The quantitative estimate of drug-likeness (QED) is 0.848. The molecule has 0 spiro atoms. The van der Waals surface area contributed by atoms with Gasteiger partial charge in [0.15, 0.2) is 5.82 Å². The number of hydrogen-bond donors (Lipinski definition) is 1. The van der Waals surface area contributed by atoms with Crippen LogP contribution >= 0.6 is 11.8 Å². The van der Waals surface area contributed by atoms with Gasteiger partial charge in [-0.05, 0) is 19.1 Å². The van der Waals surface area contributed by atoms with Crippen LogP contribution in [0.15, 0.2) is 40.4 Å². The Labute approximate surface area is 103 Å². The van der Waals surface area contributed by atoms with Crippen LogP contribution in [0.3, 0.4) is 0 Å². The summed E-state index contributed by atoms with van der Waals surface area (Å²) in [6, 6.07) is 7.86. The molecule has 0 aliphatic carbocycles. The first-order valence-corrected chi connectivity index (χ1v) is 5.95. The topological polar surface area (TPSA) is 37.8 Å². The van der Waals surface area contributed by atoms with Crippen molar-refractivity contribution >= 4 is 17.7 Å². The molecule has 0 fully saturated rings. The van der Waals surface area contributed by atoms with Gasteiger partial charge >= 0.3 is 0 Å². The summed E-state index contributed by atoms with van der Waals surface area (Å²) in [7, 11) is 1.70. The van der Waals surface area contributed by atoms with Gasteiger partial charge in [0, 0.05) is 11.9 Å². The van der Waals surface area contributed by atoms with Crippen molar-refractivity contribution in [3.8, 4) is 0 Å². The minimum absolute atomic E-state index is 0.329. The molecule has 0 aliphatic rings. The fraction of sp³-hybridized carbons (Fsp3) is 0.167. The first kappa shape index (κ1) is 11.9. The predicted octanol–water partition coefficient (Wildman–Crippen LogP) is 3.12. The third-order valence-electron chi connectivity index (χ3n) is 2.14. The highest BCUT2D eigenvalue weighted by molar-refractivity contribution is 7.99. The van der Waals surface area contributed by atoms with Crippen LogP contribution in [0.5, 0.6) is 0 Å². The summed E-state index contributed by atoms with van der Waals surface area (Å²) in [5, 5.41) is 3.12. The highest BCUT2D eigenvalue weighted by Gasteiger charge is 2.08. The number of nitrogens with one attached hydrogen (secondary N) is 1. The van der Waals surface area contributed by atoms with Crippen LogP contribution in [0.2, 0.25) is 0 Å². The molecule has 0 atom stereocenters. The minimum Gasteiger partial charge on any atom is -0.357 e. The Hall–Kier alpha value is -1.62. The molecule has 0 radical (unpaired) electrons. The lowest BCUT2D eigenvalue weighted by Gasteiger charge is -2.04. The molecule has 1 N–H and O–H groups in total. The molecule has 0 unspecified atom stereocenters. The molecule has 0 bridgehead atoms. The van der Waals surface area contributed by atoms with Crippen molar-refractivity contribution in [3.63, 3.8) is 0 Å². The summed E-state index contributed by atoms with van der Waals surface area (Å²) in [5.41, 5.74) is 1.14. The third-order valence-corrected chi connectivity index (χ3v) is 3.11. The molecule has 5 heteroatoms. The lowest BCUT2D eigenvalue weighted by molar-refractivity contribution is 0.580. The van der Waals surface area contributed by atoms with Gasteiger partial charge in [-0.1, -0.05) is 29.5 Å². The van der Waals surface area contributed by atoms with E-state index in [1.165, 1.54) is 18.0 Å². The van der Waals surface area contributed by atoms with Crippen molar-refractivity contribution in [3.05, 3.63) is 41.8 Å². The SMILES string of the molecule is CNc1ncc(F)c(Sc2cccc(C)c2)n1. The fourth-order valence-corrected chi connectivity index (χ4v) is 2.23. The molecule has 88 valence electrons. The van der Waals surface area contributed by atoms with E-state index in [1.807, 2.05) is 31.2 Å². The minimum atomic E-state index is -0.407. The Kier molecular flexibility index (Phi) is 3.58. The smallest absolute Gasteiger partial charge is 0.223 e. The van der Waals surface area contributed by atoms with Crippen LogP contribution in [0.25, 0.3) is 0 Å².